The average molecular weight is 408 g/mol. The molecule has 100 valence electrons. The first-order chi connectivity index (χ1) is 9.02. The molecule has 1 atom stereocenters. The maximum Gasteiger partial charge on any atom is 0.133 e. The van der Waals surface area contributed by atoms with Gasteiger partial charge in [0.2, 0.25) is 0 Å². The molecule has 0 saturated carbocycles. The van der Waals surface area contributed by atoms with Crippen molar-refractivity contribution >= 4 is 43.5 Å². The molecule has 0 bridgehead atoms. The fourth-order valence-corrected chi connectivity index (χ4v) is 2.93. The maximum absolute atomic E-state index is 13.9. The van der Waals surface area contributed by atoms with E-state index in [1.54, 1.807) is 25.3 Å². The van der Waals surface area contributed by atoms with Crippen LogP contribution in [0.2, 0.25) is 0 Å². The summed E-state index contributed by atoms with van der Waals surface area (Å²) in [7, 11) is 1.59. The van der Waals surface area contributed by atoms with E-state index in [2.05, 4.69) is 31.9 Å². The van der Waals surface area contributed by atoms with Gasteiger partial charge in [-0.1, -0.05) is 28.1 Å². The highest BCUT2D eigenvalue weighted by atomic mass is 79.9. The maximum atomic E-state index is 13.9. The van der Waals surface area contributed by atoms with Crippen LogP contribution in [0.1, 0.15) is 16.5 Å². The van der Waals surface area contributed by atoms with Gasteiger partial charge < -0.3 is 4.74 Å². The summed E-state index contributed by atoms with van der Waals surface area (Å²) in [5.74, 6) is 0.380. The minimum Gasteiger partial charge on any atom is -0.496 e. The van der Waals surface area contributed by atoms with Crippen LogP contribution in [0.4, 0.5) is 4.39 Å². The molecule has 0 spiro atoms. The molecule has 0 aliphatic rings. The van der Waals surface area contributed by atoms with Gasteiger partial charge in [0, 0.05) is 10.0 Å². The summed E-state index contributed by atoms with van der Waals surface area (Å²) in [6.07, 6.45) is 0. The van der Waals surface area contributed by atoms with Crippen molar-refractivity contribution in [3.05, 3.63) is 62.3 Å². The molecule has 0 N–H and O–H groups in total. The number of alkyl halides is 1. The summed E-state index contributed by atoms with van der Waals surface area (Å²) in [6, 6.07) is 10.3. The highest BCUT2D eigenvalue weighted by Gasteiger charge is 2.16. The Kier molecular flexibility index (Phi) is 4.87. The van der Waals surface area contributed by atoms with E-state index in [1.165, 1.54) is 6.07 Å². The second-order valence-corrected chi connectivity index (χ2v) is 6.13. The van der Waals surface area contributed by atoms with Crippen LogP contribution in [-0.4, -0.2) is 7.11 Å². The number of benzene rings is 2. The highest BCUT2D eigenvalue weighted by molar-refractivity contribution is 9.10. The highest BCUT2D eigenvalue weighted by Crippen LogP contribution is 2.35. The second-order valence-electron chi connectivity index (χ2n) is 3.92. The topological polar surface area (TPSA) is 9.23 Å². The van der Waals surface area contributed by atoms with Gasteiger partial charge in [-0.25, -0.2) is 4.39 Å². The van der Waals surface area contributed by atoms with E-state index >= 15 is 0 Å². The lowest BCUT2D eigenvalue weighted by atomic mass is 10.0. The summed E-state index contributed by atoms with van der Waals surface area (Å²) in [6.45, 7) is 0. The first-order valence-electron chi connectivity index (χ1n) is 5.45. The van der Waals surface area contributed by atoms with Crippen LogP contribution in [-0.2, 0) is 0 Å². The summed E-state index contributed by atoms with van der Waals surface area (Å²) in [4.78, 5) is 0. The molecule has 2 aromatic rings. The van der Waals surface area contributed by atoms with Crippen LogP contribution < -0.4 is 4.74 Å². The number of ether oxygens (including phenoxy) is 1. The molecule has 0 aliphatic carbocycles. The zero-order valence-electron chi connectivity index (χ0n) is 9.96. The van der Waals surface area contributed by atoms with E-state index in [0.717, 1.165) is 10.0 Å². The number of hydrogen-bond acceptors (Lipinski definition) is 1. The number of rotatable bonds is 3. The van der Waals surface area contributed by atoms with Gasteiger partial charge in [-0.3, -0.25) is 0 Å². The number of hydrogen-bond donors (Lipinski definition) is 0. The van der Waals surface area contributed by atoms with Gasteiger partial charge in [-0.15, -0.1) is 11.6 Å². The standard InChI is InChI=1S/C14H10Br2ClFO/c1-19-13-5-2-8(6-11(13)16)14(17)10-4-3-9(15)7-12(10)18/h2-7,14H,1H3. The lowest BCUT2D eigenvalue weighted by molar-refractivity contribution is 0.412. The summed E-state index contributed by atoms with van der Waals surface area (Å²) < 4.78 is 20.5. The van der Waals surface area contributed by atoms with Crippen LogP contribution in [0.5, 0.6) is 5.75 Å². The molecule has 1 unspecified atom stereocenters. The van der Waals surface area contributed by atoms with Crippen molar-refractivity contribution in [1.29, 1.82) is 0 Å². The molecular formula is C14H10Br2ClFO. The second kappa shape index (κ2) is 6.25. The van der Waals surface area contributed by atoms with Crippen LogP contribution in [0, 0.1) is 5.82 Å². The molecule has 19 heavy (non-hydrogen) atoms. The van der Waals surface area contributed by atoms with E-state index in [1.807, 2.05) is 12.1 Å². The number of methoxy groups -OCH3 is 1. The quantitative estimate of drug-likeness (QED) is 0.593. The molecule has 0 aromatic heterocycles. The van der Waals surface area contributed by atoms with Gasteiger partial charge in [0.05, 0.1) is 17.0 Å². The predicted octanol–water partition coefficient (Wildman–Crippen LogP) is 5.69. The molecule has 0 radical (unpaired) electrons. The first kappa shape index (κ1) is 14.8. The van der Waals surface area contributed by atoms with E-state index in [9.17, 15) is 4.39 Å². The molecule has 0 saturated heterocycles. The Bertz CT molecular complexity index is 604. The van der Waals surface area contributed by atoms with Crippen molar-refractivity contribution in [3.63, 3.8) is 0 Å². The molecular weight excluding hydrogens is 398 g/mol. The van der Waals surface area contributed by atoms with Gasteiger partial charge >= 0.3 is 0 Å². The Balaban J connectivity index is 2.38. The zero-order chi connectivity index (χ0) is 14.0. The van der Waals surface area contributed by atoms with Gasteiger partial charge in [-0.2, -0.15) is 0 Å². The van der Waals surface area contributed by atoms with Crippen molar-refractivity contribution in [2.24, 2.45) is 0 Å². The van der Waals surface area contributed by atoms with Gasteiger partial charge in [0.1, 0.15) is 11.6 Å². The molecule has 1 nitrogen and oxygen atoms in total. The van der Waals surface area contributed by atoms with Crippen LogP contribution in [0.15, 0.2) is 45.3 Å². The lowest BCUT2D eigenvalue weighted by Gasteiger charge is -2.13. The minimum absolute atomic E-state index is 0.332. The van der Waals surface area contributed by atoms with Crippen molar-refractivity contribution < 1.29 is 9.13 Å². The third kappa shape index (κ3) is 3.30. The van der Waals surface area contributed by atoms with Crippen molar-refractivity contribution in [2.45, 2.75) is 5.38 Å². The van der Waals surface area contributed by atoms with E-state index in [-0.39, 0.29) is 5.82 Å². The molecule has 2 aromatic carbocycles. The van der Waals surface area contributed by atoms with E-state index in [0.29, 0.717) is 15.8 Å². The largest absolute Gasteiger partial charge is 0.496 e. The normalized spacial score (nSPS) is 12.3. The summed E-state index contributed by atoms with van der Waals surface area (Å²) in [5, 5.41) is -0.546. The Morgan fingerprint density at radius 3 is 2.47 bits per heavy atom. The monoisotopic (exact) mass is 406 g/mol. The first-order valence-corrected chi connectivity index (χ1v) is 7.47. The Hall–Kier alpha value is -0.580. The van der Waals surface area contributed by atoms with Crippen molar-refractivity contribution in [2.75, 3.05) is 7.11 Å². The third-order valence-corrected chi connectivity index (χ3v) is 4.30. The van der Waals surface area contributed by atoms with Gasteiger partial charge in [0.25, 0.3) is 0 Å². The lowest BCUT2D eigenvalue weighted by Crippen LogP contribution is -1.97. The molecule has 0 amide bonds. The molecule has 0 heterocycles. The molecule has 2 rings (SSSR count). The summed E-state index contributed by atoms with van der Waals surface area (Å²) in [5.41, 5.74) is 1.25. The van der Waals surface area contributed by atoms with E-state index in [4.69, 9.17) is 16.3 Å². The average Bonchev–Trinajstić information content (AvgIpc) is 2.38. The van der Waals surface area contributed by atoms with Crippen molar-refractivity contribution in [1.82, 2.24) is 0 Å². The summed E-state index contributed by atoms with van der Waals surface area (Å²) >= 11 is 13.0. The smallest absolute Gasteiger partial charge is 0.133 e. The van der Waals surface area contributed by atoms with Crippen LogP contribution in [0.3, 0.4) is 0 Å². The predicted molar refractivity (Wildman–Crippen MR) is 82.5 cm³/mol. The van der Waals surface area contributed by atoms with E-state index < -0.39 is 5.38 Å². The number of halogens is 4. The van der Waals surface area contributed by atoms with Gasteiger partial charge in [0.15, 0.2) is 0 Å². The van der Waals surface area contributed by atoms with Crippen LogP contribution >= 0.6 is 43.5 Å². The Labute approximate surface area is 133 Å². The van der Waals surface area contributed by atoms with Crippen molar-refractivity contribution in [3.8, 4) is 5.75 Å². The molecule has 0 aliphatic heterocycles. The Morgan fingerprint density at radius 1 is 1.16 bits per heavy atom. The fourth-order valence-electron chi connectivity index (χ4n) is 1.73. The molecule has 0 fully saturated rings. The SMILES string of the molecule is COc1ccc(C(Cl)c2ccc(Br)cc2F)cc1Br. The Morgan fingerprint density at radius 2 is 1.89 bits per heavy atom. The third-order valence-electron chi connectivity index (χ3n) is 2.70. The molecule has 5 heteroatoms. The van der Waals surface area contributed by atoms with Gasteiger partial charge in [-0.05, 0) is 45.8 Å². The zero-order valence-corrected chi connectivity index (χ0v) is 13.9. The van der Waals surface area contributed by atoms with Crippen LogP contribution in [0.25, 0.3) is 0 Å². The fraction of sp³-hybridized carbons (Fsp3) is 0.143. The minimum atomic E-state index is -0.546.